The fraction of sp³-hybridized carbons (Fsp3) is 0.462. The van der Waals surface area contributed by atoms with Crippen LogP contribution in [0.2, 0.25) is 0 Å². The van der Waals surface area contributed by atoms with Crippen molar-refractivity contribution in [3.05, 3.63) is 32.5 Å². The number of rotatable bonds is 3. The molecule has 0 bridgehead atoms. The summed E-state index contributed by atoms with van der Waals surface area (Å²) in [6, 6.07) is 4.09. The zero-order valence-electron chi connectivity index (χ0n) is 11.9. The summed E-state index contributed by atoms with van der Waals surface area (Å²) in [4.78, 5) is 0. The van der Waals surface area contributed by atoms with Gasteiger partial charge in [0.2, 0.25) is 0 Å². The second kappa shape index (κ2) is 5.91. The fourth-order valence-corrected chi connectivity index (χ4v) is 3.48. The molecular formula is C13H17Br2N5. The van der Waals surface area contributed by atoms with Crippen LogP contribution in [-0.4, -0.2) is 25.7 Å². The van der Waals surface area contributed by atoms with Crippen molar-refractivity contribution in [2.75, 3.05) is 0 Å². The highest BCUT2D eigenvalue weighted by atomic mass is 79.9. The second-order valence-electron chi connectivity index (χ2n) is 5.69. The van der Waals surface area contributed by atoms with E-state index in [4.69, 9.17) is 0 Å². The molecular weight excluding hydrogens is 386 g/mol. The van der Waals surface area contributed by atoms with E-state index < -0.39 is 0 Å². The molecule has 0 aliphatic heterocycles. The zero-order valence-corrected chi connectivity index (χ0v) is 15.1. The minimum Gasteiger partial charge on any atom is -0.305 e. The maximum absolute atomic E-state index is 4.10. The van der Waals surface area contributed by atoms with E-state index in [1.165, 1.54) is 0 Å². The molecule has 20 heavy (non-hydrogen) atoms. The molecule has 0 aliphatic carbocycles. The minimum atomic E-state index is 0.0124. The molecule has 5 nitrogen and oxygen atoms in total. The molecule has 0 saturated carbocycles. The van der Waals surface area contributed by atoms with Gasteiger partial charge in [-0.15, -0.1) is 5.10 Å². The van der Waals surface area contributed by atoms with E-state index in [2.05, 4.69) is 73.5 Å². The first-order valence-corrected chi connectivity index (χ1v) is 7.85. The molecule has 7 heteroatoms. The van der Waals surface area contributed by atoms with Crippen LogP contribution in [0.3, 0.4) is 0 Å². The smallest absolute Gasteiger partial charge is 0.170 e. The Hall–Kier alpha value is -0.790. The van der Waals surface area contributed by atoms with Gasteiger partial charge in [-0.1, -0.05) is 0 Å². The van der Waals surface area contributed by atoms with Gasteiger partial charge in [0, 0.05) is 14.5 Å². The molecule has 1 aromatic carbocycles. The topological polar surface area (TPSA) is 55.6 Å². The number of hydrogen-bond acceptors (Lipinski definition) is 4. The van der Waals surface area contributed by atoms with Crippen molar-refractivity contribution in [2.24, 2.45) is 0 Å². The molecule has 0 atom stereocenters. The highest BCUT2D eigenvalue weighted by Crippen LogP contribution is 2.30. The monoisotopic (exact) mass is 401 g/mol. The van der Waals surface area contributed by atoms with E-state index in [1.54, 1.807) is 4.68 Å². The van der Waals surface area contributed by atoms with Gasteiger partial charge in [-0.25, -0.2) is 0 Å². The molecule has 1 aromatic heterocycles. The number of hydrogen-bond donors (Lipinski definition) is 1. The number of halogens is 2. The summed E-state index contributed by atoms with van der Waals surface area (Å²) < 4.78 is 3.65. The van der Waals surface area contributed by atoms with E-state index in [1.807, 2.05) is 19.1 Å². The Morgan fingerprint density at radius 2 is 1.80 bits per heavy atom. The van der Waals surface area contributed by atoms with Crippen LogP contribution in [0.25, 0.3) is 5.69 Å². The van der Waals surface area contributed by atoms with E-state index in [9.17, 15) is 0 Å². The van der Waals surface area contributed by atoms with Crippen molar-refractivity contribution in [1.82, 2.24) is 25.5 Å². The Morgan fingerprint density at radius 1 is 1.20 bits per heavy atom. The molecule has 0 amide bonds. The number of tetrazole rings is 1. The van der Waals surface area contributed by atoms with Gasteiger partial charge in [-0.2, -0.15) is 4.68 Å². The zero-order chi connectivity index (χ0) is 14.9. The van der Waals surface area contributed by atoms with Gasteiger partial charge in [0.15, 0.2) is 5.82 Å². The number of nitrogens with one attached hydrogen (secondary N) is 1. The van der Waals surface area contributed by atoms with Crippen molar-refractivity contribution >= 4 is 31.9 Å². The number of benzene rings is 1. The third-order valence-electron chi connectivity index (χ3n) is 2.68. The molecule has 0 fully saturated rings. The van der Waals surface area contributed by atoms with Crippen molar-refractivity contribution in [1.29, 1.82) is 0 Å². The van der Waals surface area contributed by atoms with Crippen molar-refractivity contribution in [3.8, 4) is 5.69 Å². The molecule has 0 aliphatic rings. The third kappa shape index (κ3) is 3.65. The summed E-state index contributed by atoms with van der Waals surface area (Å²) in [6.45, 7) is 8.97. The van der Waals surface area contributed by atoms with Gasteiger partial charge in [0.05, 0.1) is 12.2 Å². The molecule has 0 saturated heterocycles. The summed E-state index contributed by atoms with van der Waals surface area (Å²) in [5.41, 5.74) is 2.08. The van der Waals surface area contributed by atoms with E-state index in [0.29, 0.717) is 6.54 Å². The van der Waals surface area contributed by atoms with Crippen LogP contribution in [0.5, 0.6) is 0 Å². The largest absolute Gasteiger partial charge is 0.305 e. The summed E-state index contributed by atoms with van der Waals surface area (Å²) in [5.74, 6) is 0.769. The number of nitrogens with zero attached hydrogens (tertiary/aromatic N) is 4. The lowest BCUT2D eigenvalue weighted by atomic mass is 10.1. The lowest BCUT2D eigenvalue weighted by Crippen LogP contribution is -2.36. The predicted molar refractivity (Wildman–Crippen MR) is 85.9 cm³/mol. The van der Waals surface area contributed by atoms with Gasteiger partial charge in [0.1, 0.15) is 0 Å². The van der Waals surface area contributed by atoms with Crippen molar-refractivity contribution < 1.29 is 0 Å². The first-order chi connectivity index (χ1) is 9.28. The Morgan fingerprint density at radius 3 is 2.35 bits per heavy atom. The Bertz CT molecular complexity index is 592. The summed E-state index contributed by atoms with van der Waals surface area (Å²) >= 11 is 7.15. The number of aromatic nitrogens is 4. The molecule has 0 spiro atoms. The van der Waals surface area contributed by atoms with Gasteiger partial charge in [-0.3, -0.25) is 0 Å². The first-order valence-electron chi connectivity index (χ1n) is 6.26. The molecule has 2 rings (SSSR count). The molecule has 0 radical (unpaired) electrons. The van der Waals surface area contributed by atoms with Crippen LogP contribution in [0.4, 0.5) is 0 Å². The quantitative estimate of drug-likeness (QED) is 0.854. The summed E-state index contributed by atoms with van der Waals surface area (Å²) in [7, 11) is 0. The molecule has 2 aromatic rings. The van der Waals surface area contributed by atoms with Crippen LogP contribution in [-0.2, 0) is 6.54 Å². The van der Waals surface area contributed by atoms with Gasteiger partial charge in [0.25, 0.3) is 0 Å². The van der Waals surface area contributed by atoms with Crippen LogP contribution < -0.4 is 5.32 Å². The molecule has 1 heterocycles. The Balaban J connectivity index is 2.38. The van der Waals surface area contributed by atoms with Crippen LogP contribution in [0.15, 0.2) is 21.1 Å². The van der Waals surface area contributed by atoms with Crippen LogP contribution in [0, 0.1) is 6.92 Å². The van der Waals surface area contributed by atoms with E-state index in [-0.39, 0.29) is 5.54 Å². The molecule has 0 unspecified atom stereocenters. The average molecular weight is 403 g/mol. The normalized spacial score (nSPS) is 11.9. The highest BCUT2D eigenvalue weighted by molar-refractivity contribution is 9.11. The lowest BCUT2D eigenvalue weighted by molar-refractivity contribution is 0.415. The SMILES string of the molecule is Cc1cc(Br)c(-n2nnnc2CNC(C)(C)C)c(Br)c1. The predicted octanol–water partition coefficient (Wildman–Crippen LogP) is 3.38. The second-order valence-corrected chi connectivity index (χ2v) is 7.40. The van der Waals surface area contributed by atoms with Crippen molar-refractivity contribution in [3.63, 3.8) is 0 Å². The van der Waals surface area contributed by atoms with Crippen LogP contribution >= 0.6 is 31.9 Å². The maximum atomic E-state index is 4.10. The van der Waals surface area contributed by atoms with Gasteiger partial charge < -0.3 is 5.32 Å². The molecule has 108 valence electrons. The number of aryl methyl sites for hydroxylation is 1. The molecule has 1 N–H and O–H groups in total. The van der Waals surface area contributed by atoms with Gasteiger partial charge in [-0.05, 0) is 87.7 Å². The Labute approximate surface area is 135 Å². The first kappa shape index (κ1) is 15.6. The van der Waals surface area contributed by atoms with E-state index >= 15 is 0 Å². The fourth-order valence-electron chi connectivity index (χ4n) is 1.73. The third-order valence-corrected chi connectivity index (χ3v) is 3.89. The average Bonchev–Trinajstić information content (AvgIpc) is 2.72. The summed E-state index contributed by atoms with van der Waals surface area (Å²) in [6.07, 6.45) is 0. The van der Waals surface area contributed by atoms with Crippen molar-refractivity contribution in [2.45, 2.75) is 39.8 Å². The maximum Gasteiger partial charge on any atom is 0.170 e. The standard InChI is InChI=1S/C13H17Br2N5/c1-8-5-9(14)12(10(15)6-8)20-11(17-18-19-20)7-16-13(2,3)4/h5-6,16H,7H2,1-4H3. The lowest BCUT2D eigenvalue weighted by Gasteiger charge is -2.20. The Kier molecular flexibility index (Phi) is 4.61. The highest BCUT2D eigenvalue weighted by Gasteiger charge is 2.17. The summed E-state index contributed by atoms with van der Waals surface area (Å²) in [5, 5.41) is 15.4. The van der Waals surface area contributed by atoms with Gasteiger partial charge >= 0.3 is 0 Å². The van der Waals surface area contributed by atoms with E-state index in [0.717, 1.165) is 26.0 Å². The minimum absolute atomic E-state index is 0.0124. The van der Waals surface area contributed by atoms with Crippen LogP contribution in [0.1, 0.15) is 32.2 Å².